The van der Waals surface area contributed by atoms with E-state index >= 15 is 0 Å². The van der Waals surface area contributed by atoms with Crippen molar-refractivity contribution < 1.29 is 9.59 Å². The van der Waals surface area contributed by atoms with E-state index in [0.717, 1.165) is 23.7 Å². The van der Waals surface area contributed by atoms with Gasteiger partial charge in [-0.15, -0.1) is 0 Å². The van der Waals surface area contributed by atoms with E-state index in [1.165, 1.54) is 0 Å². The van der Waals surface area contributed by atoms with E-state index in [1.54, 1.807) is 6.92 Å². The summed E-state index contributed by atoms with van der Waals surface area (Å²) in [5.74, 6) is -0.374. The Labute approximate surface area is 94.6 Å². The number of carbonyl (C=O) groups is 2. The molecule has 1 aromatic rings. The Hall–Kier alpha value is -1.48. The molecule has 0 saturated carbocycles. The summed E-state index contributed by atoms with van der Waals surface area (Å²) >= 11 is 0. The zero-order valence-electron chi connectivity index (χ0n) is 9.22. The molecule has 0 aromatic heterocycles. The molecule has 1 aliphatic carbocycles. The second-order valence-corrected chi connectivity index (χ2v) is 4.68. The van der Waals surface area contributed by atoms with Crippen LogP contribution in [-0.2, 0) is 9.59 Å². The van der Waals surface area contributed by atoms with E-state index in [-0.39, 0.29) is 12.0 Å². The van der Waals surface area contributed by atoms with E-state index in [4.69, 9.17) is 5.73 Å². The summed E-state index contributed by atoms with van der Waals surface area (Å²) in [5, 5.41) is 0. The van der Waals surface area contributed by atoms with Gasteiger partial charge in [-0.25, -0.2) is 0 Å². The van der Waals surface area contributed by atoms with Crippen molar-refractivity contribution in [3.8, 4) is 0 Å². The molecule has 0 fully saturated rings. The SMILES string of the molecule is CC1(C=O)CC(N)c2ccccc2C1C=O. The van der Waals surface area contributed by atoms with Crippen molar-refractivity contribution in [1.82, 2.24) is 0 Å². The fourth-order valence-electron chi connectivity index (χ4n) is 2.55. The highest BCUT2D eigenvalue weighted by Crippen LogP contribution is 2.46. The van der Waals surface area contributed by atoms with Crippen LogP contribution in [0.4, 0.5) is 0 Å². The summed E-state index contributed by atoms with van der Waals surface area (Å²) in [6, 6.07) is 7.43. The summed E-state index contributed by atoms with van der Waals surface area (Å²) in [4.78, 5) is 22.4. The molecular formula is C13H15NO2. The minimum atomic E-state index is -0.671. The Morgan fingerprint density at radius 1 is 1.31 bits per heavy atom. The molecule has 3 heteroatoms. The summed E-state index contributed by atoms with van der Waals surface area (Å²) in [7, 11) is 0. The van der Waals surface area contributed by atoms with Crippen LogP contribution < -0.4 is 5.73 Å². The molecule has 0 heterocycles. The molecular weight excluding hydrogens is 202 g/mol. The normalized spacial score (nSPS) is 32.9. The van der Waals surface area contributed by atoms with E-state index in [2.05, 4.69) is 0 Å². The smallest absolute Gasteiger partial charge is 0.128 e. The first-order valence-corrected chi connectivity index (χ1v) is 5.38. The zero-order valence-corrected chi connectivity index (χ0v) is 9.22. The van der Waals surface area contributed by atoms with Crippen LogP contribution >= 0.6 is 0 Å². The minimum absolute atomic E-state index is 0.164. The second-order valence-electron chi connectivity index (χ2n) is 4.68. The molecule has 0 aliphatic heterocycles. The Morgan fingerprint density at radius 2 is 1.94 bits per heavy atom. The van der Waals surface area contributed by atoms with Crippen LogP contribution in [0.3, 0.4) is 0 Å². The molecule has 3 unspecified atom stereocenters. The first-order valence-electron chi connectivity index (χ1n) is 5.38. The van der Waals surface area contributed by atoms with Gasteiger partial charge in [0.2, 0.25) is 0 Å². The fraction of sp³-hybridized carbons (Fsp3) is 0.385. The summed E-state index contributed by atoms with van der Waals surface area (Å²) < 4.78 is 0. The maximum atomic E-state index is 11.2. The summed E-state index contributed by atoms with van der Waals surface area (Å²) in [6.45, 7) is 1.80. The molecule has 0 amide bonds. The van der Waals surface area contributed by atoms with Crippen LogP contribution in [-0.4, -0.2) is 12.6 Å². The van der Waals surface area contributed by atoms with Crippen molar-refractivity contribution in [2.75, 3.05) is 0 Å². The van der Waals surface area contributed by atoms with Crippen LogP contribution in [0.15, 0.2) is 24.3 Å². The first-order chi connectivity index (χ1) is 7.62. The van der Waals surface area contributed by atoms with E-state index in [9.17, 15) is 9.59 Å². The van der Waals surface area contributed by atoms with Gasteiger partial charge >= 0.3 is 0 Å². The Bertz CT molecular complexity index is 430. The molecule has 3 atom stereocenters. The largest absolute Gasteiger partial charge is 0.324 e. The van der Waals surface area contributed by atoms with Crippen molar-refractivity contribution in [2.45, 2.75) is 25.3 Å². The van der Waals surface area contributed by atoms with Gasteiger partial charge in [-0.2, -0.15) is 0 Å². The molecule has 0 saturated heterocycles. The number of rotatable bonds is 2. The third-order valence-electron chi connectivity index (χ3n) is 3.51. The number of nitrogens with two attached hydrogens (primary N) is 1. The van der Waals surface area contributed by atoms with Gasteiger partial charge in [-0.1, -0.05) is 31.2 Å². The first kappa shape index (κ1) is 11.0. The predicted molar refractivity (Wildman–Crippen MR) is 61.0 cm³/mol. The van der Waals surface area contributed by atoms with Crippen LogP contribution in [0.25, 0.3) is 0 Å². The van der Waals surface area contributed by atoms with Crippen LogP contribution in [0.1, 0.15) is 36.4 Å². The lowest BCUT2D eigenvalue weighted by Crippen LogP contribution is -2.37. The van der Waals surface area contributed by atoms with E-state index < -0.39 is 5.41 Å². The monoisotopic (exact) mass is 217 g/mol. The molecule has 16 heavy (non-hydrogen) atoms. The molecule has 1 aromatic carbocycles. The maximum Gasteiger partial charge on any atom is 0.128 e. The maximum absolute atomic E-state index is 11.2. The highest BCUT2D eigenvalue weighted by atomic mass is 16.1. The van der Waals surface area contributed by atoms with Crippen LogP contribution in [0.5, 0.6) is 0 Å². The molecule has 0 radical (unpaired) electrons. The van der Waals surface area contributed by atoms with E-state index in [0.29, 0.717) is 6.42 Å². The zero-order chi connectivity index (χ0) is 11.8. The van der Waals surface area contributed by atoms with Gasteiger partial charge in [0, 0.05) is 11.5 Å². The molecule has 2 rings (SSSR count). The molecule has 2 N–H and O–H groups in total. The lowest BCUT2D eigenvalue weighted by molar-refractivity contribution is -0.122. The average molecular weight is 217 g/mol. The predicted octanol–water partition coefficient (Wildman–Crippen LogP) is 1.58. The lowest BCUT2D eigenvalue weighted by Gasteiger charge is -2.38. The molecule has 3 nitrogen and oxygen atoms in total. The second kappa shape index (κ2) is 3.83. The minimum Gasteiger partial charge on any atom is -0.324 e. The van der Waals surface area contributed by atoms with Crippen molar-refractivity contribution in [1.29, 1.82) is 0 Å². The fourth-order valence-corrected chi connectivity index (χ4v) is 2.55. The third-order valence-corrected chi connectivity index (χ3v) is 3.51. The van der Waals surface area contributed by atoms with Gasteiger partial charge in [-0.3, -0.25) is 0 Å². The quantitative estimate of drug-likeness (QED) is 0.765. The summed E-state index contributed by atoms with van der Waals surface area (Å²) in [6.07, 6.45) is 2.25. The Morgan fingerprint density at radius 3 is 2.50 bits per heavy atom. The van der Waals surface area contributed by atoms with Gasteiger partial charge < -0.3 is 15.3 Å². The number of carbonyl (C=O) groups excluding carboxylic acids is 2. The summed E-state index contributed by atoms with van der Waals surface area (Å²) in [5.41, 5.74) is 7.25. The van der Waals surface area contributed by atoms with Crippen LogP contribution in [0, 0.1) is 5.41 Å². The van der Waals surface area contributed by atoms with Crippen molar-refractivity contribution in [2.24, 2.45) is 11.1 Å². The molecule has 1 aliphatic rings. The molecule has 0 bridgehead atoms. The van der Waals surface area contributed by atoms with Crippen LogP contribution in [0.2, 0.25) is 0 Å². The Kier molecular flexibility index (Phi) is 2.64. The van der Waals surface area contributed by atoms with Crippen molar-refractivity contribution in [3.05, 3.63) is 35.4 Å². The van der Waals surface area contributed by atoms with Gasteiger partial charge in [0.1, 0.15) is 12.6 Å². The van der Waals surface area contributed by atoms with Gasteiger partial charge in [0.15, 0.2) is 0 Å². The van der Waals surface area contributed by atoms with E-state index in [1.807, 2.05) is 24.3 Å². The highest BCUT2D eigenvalue weighted by molar-refractivity contribution is 5.76. The lowest BCUT2D eigenvalue weighted by atomic mass is 9.65. The number of benzene rings is 1. The Balaban J connectivity index is 2.59. The number of aldehydes is 2. The average Bonchev–Trinajstić information content (AvgIpc) is 2.30. The van der Waals surface area contributed by atoms with Crippen molar-refractivity contribution in [3.63, 3.8) is 0 Å². The number of hydrogen-bond donors (Lipinski definition) is 1. The number of hydrogen-bond acceptors (Lipinski definition) is 3. The highest BCUT2D eigenvalue weighted by Gasteiger charge is 2.42. The topological polar surface area (TPSA) is 60.2 Å². The molecule has 84 valence electrons. The van der Waals surface area contributed by atoms with Crippen molar-refractivity contribution >= 4 is 12.6 Å². The van der Waals surface area contributed by atoms with Gasteiger partial charge in [0.25, 0.3) is 0 Å². The standard InChI is InChI=1S/C13H15NO2/c1-13(8-16)6-12(14)10-5-3-2-4-9(10)11(13)7-15/h2-5,7-8,11-12H,6,14H2,1H3. The number of fused-ring (bicyclic) bond motifs is 1. The van der Waals surface area contributed by atoms with Gasteiger partial charge in [0.05, 0.1) is 5.92 Å². The third kappa shape index (κ3) is 1.48. The molecule has 0 spiro atoms. The van der Waals surface area contributed by atoms with Gasteiger partial charge in [-0.05, 0) is 17.5 Å².